The molecule has 3 aromatic rings. The molecule has 3 heteroatoms. The van der Waals surface area contributed by atoms with Gasteiger partial charge in [-0.25, -0.2) is 4.79 Å². The van der Waals surface area contributed by atoms with Crippen LogP contribution in [0.4, 0.5) is 0 Å². The van der Waals surface area contributed by atoms with Crippen LogP contribution in [0.5, 0.6) is 0 Å². The minimum absolute atomic E-state index is 0.355. The van der Waals surface area contributed by atoms with Gasteiger partial charge in [-0.05, 0) is 37.6 Å². The van der Waals surface area contributed by atoms with Gasteiger partial charge in [0.25, 0.3) is 0 Å². The Labute approximate surface area is 121 Å². The molecule has 0 fully saturated rings. The molecular weight excluding hydrogens is 272 g/mol. The van der Waals surface area contributed by atoms with Crippen molar-refractivity contribution >= 4 is 22.6 Å². The minimum atomic E-state index is -0.355. The molecule has 2 nitrogen and oxygen atoms in total. The summed E-state index contributed by atoms with van der Waals surface area (Å²) in [6.07, 6.45) is 0. The number of benzene rings is 2. The van der Waals surface area contributed by atoms with Gasteiger partial charge in [0, 0.05) is 16.0 Å². The number of halogens is 1. The molecule has 0 aliphatic carbocycles. The van der Waals surface area contributed by atoms with E-state index in [0.717, 1.165) is 16.5 Å². The van der Waals surface area contributed by atoms with Crippen molar-refractivity contribution in [2.24, 2.45) is 0 Å². The van der Waals surface area contributed by atoms with Crippen LogP contribution in [-0.4, -0.2) is 0 Å². The normalized spacial score (nSPS) is 10.9. The standard InChI is InChI=1S/C17H13ClO2/c1-10-7-8-15-13(9-10)11(2)16(17(19)20-15)12-5-3-4-6-14(12)18/h3-9H,1-2H3. The molecule has 0 N–H and O–H groups in total. The third-order valence-corrected chi connectivity index (χ3v) is 3.79. The highest BCUT2D eigenvalue weighted by Crippen LogP contribution is 2.31. The third kappa shape index (κ3) is 2.02. The summed E-state index contributed by atoms with van der Waals surface area (Å²) >= 11 is 6.20. The van der Waals surface area contributed by atoms with Gasteiger partial charge < -0.3 is 4.42 Å². The summed E-state index contributed by atoms with van der Waals surface area (Å²) < 4.78 is 5.42. The highest BCUT2D eigenvalue weighted by molar-refractivity contribution is 6.33. The molecule has 0 saturated carbocycles. The molecular formula is C17H13ClO2. The van der Waals surface area contributed by atoms with Gasteiger partial charge in [-0.15, -0.1) is 0 Å². The zero-order valence-electron chi connectivity index (χ0n) is 11.2. The maximum Gasteiger partial charge on any atom is 0.344 e. The van der Waals surface area contributed by atoms with Crippen LogP contribution in [0, 0.1) is 13.8 Å². The van der Waals surface area contributed by atoms with E-state index in [-0.39, 0.29) is 5.63 Å². The topological polar surface area (TPSA) is 30.2 Å². The van der Waals surface area contributed by atoms with Crippen molar-refractivity contribution in [3.63, 3.8) is 0 Å². The van der Waals surface area contributed by atoms with Gasteiger partial charge >= 0.3 is 5.63 Å². The first-order valence-corrected chi connectivity index (χ1v) is 6.74. The maximum absolute atomic E-state index is 12.3. The Morgan fingerprint density at radius 3 is 2.55 bits per heavy atom. The monoisotopic (exact) mass is 284 g/mol. The summed E-state index contributed by atoms with van der Waals surface area (Å²) in [7, 11) is 0. The summed E-state index contributed by atoms with van der Waals surface area (Å²) in [5.74, 6) is 0. The molecule has 20 heavy (non-hydrogen) atoms. The molecule has 100 valence electrons. The first-order chi connectivity index (χ1) is 9.58. The Bertz CT molecular complexity index is 862. The van der Waals surface area contributed by atoms with Crippen molar-refractivity contribution < 1.29 is 4.42 Å². The van der Waals surface area contributed by atoms with E-state index in [9.17, 15) is 4.79 Å². The van der Waals surface area contributed by atoms with Crippen LogP contribution < -0.4 is 5.63 Å². The molecule has 0 aliphatic rings. The number of rotatable bonds is 1. The molecule has 2 aromatic carbocycles. The molecule has 0 amide bonds. The van der Waals surface area contributed by atoms with Crippen LogP contribution >= 0.6 is 11.6 Å². The molecule has 0 saturated heterocycles. The average Bonchev–Trinajstić information content (AvgIpc) is 2.42. The van der Waals surface area contributed by atoms with Gasteiger partial charge in [-0.1, -0.05) is 41.4 Å². The zero-order valence-corrected chi connectivity index (χ0v) is 12.0. The lowest BCUT2D eigenvalue weighted by Gasteiger charge is -2.09. The predicted octanol–water partition coefficient (Wildman–Crippen LogP) is 4.73. The lowest BCUT2D eigenvalue weighted by Crippen LogP contribution is -2.06. The first-order valence-electron chi connectivity index (χ1n) is 6.37. The van der Waals surface area contributed by atoms with Crippen molar-refractivity contribution in [3.8, 4) is 11.1 Å². The van der Waals surface area contributed by atoms with Gasteiger partial charge in [-0.3, -0.25) is 0 Å². The Hall–Kier alpha value is -2.06. The highest BCUT2D eigenvalue weighted by Gasteiger charge is 2.15. The van der Waals surface area contributed by atoms with Gasteiger partial charge in [-0.2, -0.15) is 0 Å². The highest BCUT2D eigenvalue weighted by atomic mass is 35.5. The molecule has 0 spiro atoms. The fourth-order valence-electron chi connectivity index (χ4n) is 2.44. The van der Waals surface area contributed by atoms with Crippen molar-refractivity contribution in [1.82, 2.24) is 0 Å². The van der Waals surface area contributed by atoms with Gasteiger partial charge in [0.05, 0.1) is 5.56 Å². The molecule has 1 aromatic heterocycles. The molecule has 0 unspecified atom stereocenters. The number of hydrogen-bond acceptors (Lipinski definition) is 2. The maximum atomic E-state index is 12.3. The Morgan fingerprint density at radius 2 is 1.80 bits per heavy atom. The van der Waals surface area contributed by atoms with Crippen molar-refractivity contribution in [1.29, 1.82) is 0 Å². The molecule has 1 heterocycles. The molecule has 0 atom stereocenters. The summed E-state index contributed by atoms with van der Waals surface area (Å²) in [5, 5.41) is 1.49. The van der Waals surface area contributed by atoms with Crippen LogP contribution in [0.3, 0.4) is 0 Å². The van der Waals surface area contributed by atoms with E-state index in [1.54, 1.807) is 6.07 Å². The fraction of sp³-hybridized carbons (Fsp3) is 0.118. The van der Waals surface area contributed by atoms with E-state index < -0.39 is 0 Å². The summed E-state index contributed by atoms with van der Waals surface area (Å²) in [6, 6.07) is 13.1. The number of aryl methyl sites for hydroxylation is 2. The lowest BCUT2D eigenvalue weighted by molar-refractivity contribution is 0.562. The van der Waals surface area contributed by atoms with Crippen LogP contribution in [0.1, 0.15) is 11.1 Å². The van der Waals surface area contributed by atoms with Crippen LogP contribution in [0.25, 0.3) is 22.1 Å². The zero-order chi connectivity index (χ0) is 14.3. The second-order valence-corrected chi connectivity index (χ2v) is 5.28. The molecule has 3 rings (SSSR count). The SMILES string of the molecule is Cc1ccc2oc(=O)c(-c3ccccc3Cl)c(C)c2c1. The predicted molar refractivity (Wildman–Crippen MR) is 82.4 cm³/mol. The molecule has 0 radical (unpaired) electrons. The second kappa shape index (κ2) is 4.80. The van der Waals surface area contributed by atoms with E-state index in [2.05, 4.69) is 0 Å². The van der Waals surface area contributed by atoms with E-state index in [1.165, 1.54) is 0 Å². The van der Waals surface area contributed by atoms with Crippen molar-refractivity contribution in [2.75, 3.05) is 0 Å². The van der Waals surface area contributed by atoms with Gasteiger partial charge in [0.2, 0.25) is 0 Å². The number of hydrogen-bond donors (Lipinski definition) is 0. The van der Waals surface area contributed by atoms with Gasteiger partial charge in [0.15, 0.2) is 0 Å². The van der Waals surface area contributed by atoms with Crippen molar-refractivity contribution in [2.45, 2.75) is 13.8 Å². The smallest absolute Gasteiger partial charge is 0.344 e. The average molecular weight is 285 g/mol. The van der Waals surface area contributed by atoms with E-state index in [4.69, 9.17) is 16.0 Å². The van der Waals surface area contributed by atoms with Crippen LogP contribution in [-0.2, 0) is 0 Å². The Morgan fingerprint density at radius 1 is 1.05 bits per heavy atom. The van der Waals surface area contributed by atoms with E-state index >= 15 is 0 Å². The van der Waals surface area contributed by atoms with Crippen LogP contribution in [0.15, 0.2) is 51.7 Å². The third-order valence-electron chi connectivity index (χ3n) is 3.46. The summed E-state index contributed by atoms with van der Waals surface area (Å²) in [4.78, 5) is 12.3. The summed E-state index contributed by atoms with van der Waals surface area (Å²) in [6.45, 7) is 3.94. The fourth-order valence-corrected chi connectivity index (χ4v) is 2.67. The minimum Gasteiger partial charge on any atom is -0.422 e. The Balaban J connectivity index is 2.43. The second-order valence-electron chi connectivity index (χ2n) is 4.87. The molecule has 0 bridgehead atoms. The van der Waals surface area contributed by atoms with Gasteiger partial charge in [0.1, 0.15) is 5.58 Å². The largest absolute Gasteiger partial charge is 0.422 e. The summed E-state index contributed by atoms with van der Waals surface area (Å²) in [5.41, 5.74) is 3.52. The van der Waals surface area contributed by atoms with Crippen molar-refractivity contribution in [3.05, 3.63) is 69.0 Å². The quantitative estimate of drug-likeness (QED) is 0.605. The van der Waals surface area contributed by atoms with Crippen LogP contribution in [0.2, 0.25) is 5.02 Å². The van der Waals surface area contributed by atoms with E-state index in [1.807, 2.05) is 50.2 Å². The Kier molecular flexibility index (Phi) is 3.11. The lowest BCUT2D eigenvalue weighted by atomic mass is 9.99. The number of fused-ring (bicyclic) bond motifs is 1. The molecule has 0 aliphatic heterocycles. The van der Waals surface area contributed by atoms with E-state index in [0.29, 0.717) is 21.7 Å². The first kappa shape index (κ1) is 12.9.